The van der Waals surface area contributed by atoms with Crippen LogP contribution in [0.4, 0.5) is 5.69 Å². The van der Waals surface area contributed by atoms with Crippen LogP contribution in [0.15, 0.2) is 22.7 Å². The zero-order chi connectivity index (χ0) is 10.0. The standard InChI is InChI=1S/C9H9BrNO2/c1-6(2)7-3-8(10)5-9(4-7)11(12)13/h3-5H,1-2H3. The van der Waals surface area contributed by atoms with Gasteiger partial charge < -0.3 is 0 Å². The van der Waals surface area contributed by atoms with Gasteiger partial charge in [-0.05, 0) is 17.5 Å². The second-order valence-corrected chi connectivity index (χ2v) is 3.87. The van der Waals surface area contributed by atoms with E-state index in [0.717, 1.165) is 16.0 Å². The highest BCUT2D eigenvalue weighted by atomic mass is 79.9. The maximum Gasteiger partial charge on any atom is 0.270 e. The summed E-state index contributed by atoms with van der Waals surface area (Å²) in [5.74, 6) is 1.06. The summed E-state index contributed by atoms with van der Waals surface area (Å²) in [5, 5.41) is 10.5. The van der Waals surface area contributed by atoms with Gasteiger partial charge in [-0.3, -0.25) is 10.1 Å². The summed E-state index contributed by atoms with van der Waals surface area (Å²) in [6, 6.07) is 4.93. The van der Waals surface area contributed by atoms with Crippen molar-refractivity contribution in [1.29, 1.82) is 0 Å². The Balaban J connectivity index is 3.19. The molecular formula is C9H9BrNO2. The fraction of sp³-hybridized carbons (Fsp3) is 0.222. The fourth-order valence-corrected chi connectivity index (χ4v) is 1.45. The molecule has 0 aliphatic heterocycles. The first-order valence-corrected chi connectivity index (χ1v) is 4.55. The molecule has 0 aliphatic carbocycles. The predicted molar refractivity (Wildman–Crippen MR) is 54.5 cm³/mol. The average molecular weight is 243 g/mol. The van der Waals surface area contributed by atoms with Gasteiger partial charge in [0.15, 0.2) is 0 Å². The second kappa shape index (κ2) is 3.87. The Hall–Kier alpha value is -0.900. The van der Waals surface area contributed by atoms with Crippen molar-refractivity contribution in [2.45, 2.75) is 13.8 Å². The molecule has 0 saturated heterocycles. The van der Waals surface area contributed by atoms with Gasteiger partial charge in [0.2, 0.25) is 0 Å². The van der Waals surface area contributed by atoms with Gasteiger partial charge in [-0.15, -0.1) is 0 Å². The molecule has 1 aromatic rings. The van der Waals surface area contributed by atoms with E-state index in [1.54, 1.807) is 6.07 Å². The molecule has 0 fully saturated rings. The van der Waals surface area contributed by atoms with E-state index >= 15 is 0 Å². The van der Waals surface area contributed by atoms with E-state index in [0.29, 0.717) is 0 Å². The molecule has 0 bridgehead atoms. The third-order valence-electron chi connectivity index (χ3n) is 1.67. The van der Waals surface area contributed by atoms with E-state index in [1.807, 2.05) is 19.9 Å². The van der Waals surface area contributed by atoms with E-state index in [1.165, 1.54) is 6.07 Å². The largest absolute Gasteiger partial charge is 0.270 e. The smallest absolute Gasteiger partial charge is 0.258 e. The SMILES string of the molecule is C[C](C)c1cc(Br)cc([N+](=O)[O-])c1. The normalized spacial score (nSPS) is 10.5. The van der Waals surface area contributed by atoms with Crippen molar-refractivity contribution in [2.24, 2.45) is 0 Å². The first-order valence-electron chi connectivity index (χ1n) is 3.76. The Morgan fingerprint density at radius 3 is 2.46 bits per heavy atom. The molecule has 0 amide bonds. The lowest BCUT2D eigenvalue weighted by molar-refractivity contribution is -0.385. The molecule has 0 atom stereocenters. The maximum absolute atomic E-state index is 10.5. The lowest BCUT2D eigenvalue weighted by atomic mass is 10.0. The van der Waals surface area contributed by atoms with E-state index in [2.05, 4.69) is 15.9 Å². The van der Waals surface area contributed by atoms with Crippen LogP contribution in [0.1, 0.15) is 19.4 Å². The van der Waals surface area contributed by atoms with Crippen molar-refractivity contribution >= 4 is 21.6 Å². The van der Waals surface area contributed by atoms with Crippen molar-refractivity contribution < 1.29 is 4.92 Å². The number of non-ortho nitro benzene ring substituents is 1. The molecular weight excluding hydrogens is 234 g/mol. The number of nitrogens with zero attached hydrogens (tertiary/aromatic N) is 1. The van der Waals surface area contributed by atoms with Gasteiger partial charge in [0.05, 0.1) is 4.92 Å². The van der Waals surface area contributed by atoms with E-state index in [-0.39, 0.29) is 5.69 Å². The second-order valence-electron chi connectivity index (χ2n) is 2.96. The van der Waals surface area contributed by atoms with Crippen molar-refractivity contribution in [2.75, 3.05) is 0 Å². The minimum Gasteiger partial charge on any atom is -0.258 e. The van der Waals surface area contributed by atoms with Crippen LogP contribution in [0, 0.1) is 16.0 Å². The van der Waals surface area contributed by atoms with Crippen LogP contribution in [0.25, 0.3) is 0 Å². The summed E-state index contributed by atoms with van der Waals surface area (Å²) in [7, 11) is 0. The molecule has 69 valence electrons. The van der Waals surface area contributed by atoms with Crippen LogP contribution in [0.3, 0.4) is 0 Å². The van der Waals surface area contributed by atoms with Crippen molar-refractivity contribution in [3.63, 3.8) is 0 Å². The molecule has 0 aromatic heterocycles. The molecule has 0 heterocycles. The summed E-state index contributed by atoms with van der Waals surface area (Å²) < 4.78 is 0.734. The summed E-state index contributed by atoms with van der Waals surface area (Å²) >= 11 is 3.23. The molecule has 1 rings (SSSR count). The van der Waals surface area contributed by atoms with Gasteiger partial charge in [-0.2, -0.15) is 0 Å². The summed E-state index contributed by atoms with van der Waals surface area (Å²) in [6.45, 7) is 3.84. The minimum absolute atomic E-state index is 0.116. The van der Waals surface area contributed by atoms with Gasteiger partial charge in [-0.25, -0.2) is 0 Å². The first kappa shape index (κ1) is 10.2. The lowest BCUT2D eigenvalue weighted by Crippen LogP contribution is -1.93. The van der Waals surface area contributed by atoms with E-state index < -0.39 is 4.92 Å². The number of benzene rings is 1. The van der Waals surface area contributed by atoms with Crippen LogP contribution in [0.2, 0.25) is 0 Å². The minimum atomic E-state index is -0.392. The number of hydrogen-bond donors (Lipinski definition) is 0. The number of hydrogen-bond acceptors (Lipinski definition) is 2. The number of nitro benzene ring substituents is 1. The Morgan fingerprint density at radius 2 is 2.00 bits per heavy atom. The van der Waals surface area contributed by atoms with Crippen molar-refractivity contribution in [3.8, 4) is 0 Å². The molecule has 0 saturated carbocycles. The molecule has 4 heteroatoms. The highest BCUT2D eigenvalue weighted by molar-refractivity contribution is 9.10. The molecule has 0 unspecified atom stereocenters. The highest BCUT2D eigenvalue weighted by Gasteiger charge is 2.10. The number of rotatable bonds is 2. The molecule has 0 N–H and O–H groups in total. The molecule has 0 spiro atoms. The Kier molecular flexibility index (Phi) is 3.03. The summed E-state index contributed by atoms with van der Waals surface area (Å²) in [6.07, 6.45) is 0. The monoisotopic (exact) mass is 242 g/mol. The zero-order valence-corrected chi connectivity index (χ0v) is 8.96. The van der Waals surface area contributed by atoms with Crippen LogP contribution >= 0.6 is 15.9 Å². The van der Waals surface area contributed by atoms with Crippen molar-refractivity contribution in [1.82, 2.24) is 0 Å². The molecule has 0 aliphatic rings. The molecule has 1 aromatic carbocycles. The number of nitro groups is 1. The van der Waals surface area contributed by atoms with E-state index in [9.17, 15) is 10.1 Å². The van der Waals surface area contributed by atoms with Gasteiger partial charge in [0.1, 0.15) is 0 Å². The Morgan fingerprint density at radius 1 is 1.38 bits per heavy atom. The third-order valence-corrected chi connectivity index (χ3v) is 2.13. The quantitative estimate of drug-likeness (QED) is 0.590. The van der Waals surface area contributed by atoms with Gasteiger partial charge in [0, 0.05) is 16.6 Å². The Labute approximate surface area is 85.0 Å². The van der Waals surface area contributed by atoms with E-state index in [4.69, 9.17) is 0 Å². The van der Waals surface area contributed by atoms with Crippen LogP contribution < -0.4 is 0 Å². The molecule has 13 heavy (non-hydrogen) atoms. The van der Waals surface area contributed by atoms with Gasteiger partial charge in [-0.1, -0.05) is 29.8 Å². The topological polar surface area (TPSA) is 43.1 Å². The van der Waals surface area contributed by atoms with Crippen LogP contribution in [0.5, 0.6) is 0 Å². The van der Waals surface area contributed by atoms with Crippen LogP contribution in [-0.2, 0) is 0 Å². The summed E-state index contributed by atoms with van der Waals surface area (Å²) in [4.78, 5) is 10.1. The lowest BCUT2D eigenvalue weighted by Gasteiger charge is -2.04. The summed E-state index contributed by atoms with van der Waals surface area (Å²) in [5.41, 5.74) is 1.01. The highest BCUT2D eigenvalue weighted by Crippen LogP contribution is 2.25. The van der Waals surface area contributed by atoms with Gasteiger partial charge >= 0.3 is 0 Å². The van der Waals surface area contributed by atoms with Crippen LogP contribution in [-0.4, -0.2) is 4.92 Å². The van der Waals surface area contributed by atoms with Gasteiger partial charge in [0.25, 0.3) is 5.69 Å². The van der Waals surface area contributed by atoms with Crippen molar-refractivity contribution in [3.05, 3.63) is 44.3 Å². The first-order chi connectivity index (χ1) is 6.00. The fourth-order valence-electron chi connectivity index (χ4n) is 0.968. The molecule has 1 radical (unpaired) electrons. The third kappa shape index (κ3) is 2.52. The maximum atomic E-state index is 10.5. The zero-order valence-electron chi connectivity index (χ0n) is 7.37. The average Bonchev–Trinajstić information content (AvgIpc) is 2.03. The molecule has 3 nitrogen and oxygen atoms in total. The Bertz CT molecular complexity index is 336. The predicted octanol–water partition coefficient (Wildman–Crippen LogP) is 3.32. The number of halogens is 1.